The van der Waals surface area contributed by atoms with Gasteiger partial charge in [-0.25, -0.2) is 0 Å². The molecule has 1 N–H and O–H groups in total. The van der Waals surface area contributed by atoms with E-state index in [4.69, 9.17) is 0 Å². The number of carbonyl (C=O) groups is 1. The van der Waals surface area contributed by atoms with Crippen molar-refractivity contribution in [3.05, 3.63) is 0 Å². The number of piperidine rings is 1. The maximum Gasteiger partial charge on any atom is 0.220 e. The third kappa shape index (κ3) is 3.81. The molecule has 4 fully saturated rings. The highest BCUT2D eigenvalue weighted by molar-refractivity contribution is 9.09. The molecule has 0 aromatic rings. The second-order valence-corrected chi connectivity index (χ2v) is 13.2. The van der Waals surface area contributed by atoms with Crippen LogP contribution in [0.3, 0.4) is 0 Å². The Bertz CT molecular complexity index is 634. The molecule has 1 amide bonds. The summed E-state index contributed by atoms with van der Waals surface area (Å²) in [5.74, 6) is 6.20. The van der Waals surface area contributed by atoms with Gasteiger partial charge >= 0.3 is 0 Å². The quantitative estimate of drug-likeness (QED) is 0.400. The van der Waals surface area contributed by atoms with Crippen LogP contribution in [0.1, 0.15) is 98.8 Å². The van der Waals surface area contributed by atoms with Crippen LogP contribution in [0.4, 0.5) is 0 Å². The largest absolute Gasteiger partial charge is 0.353 e. The SMILES string of the molecule is CC(C)CCC[C@@H](C)[C@H]1CC[C@H]2[C@@H]3C(CBr)CC4NC(=O)CC[C@]4(C)[C@H]3CC[C@]12C. The Morgan fingerprint density at radius 1 is 1.03 bits per heavy atom. The normalized spacial score (nSPS) is 46.7. The Morgan fingerprint density at radius 3 is 2.47 bits per heavy atom. The number of amides is 1. The van der Waals surface area contributed by atoms with Crippen molar-refractivity contribution in [1.82, 2.24) is 5.32 Å². The van der Waals surface area contributed by atoms with Crippen molar-refractivity contribution in [2.24, 2.45) is 52.3 Å². The number of rotatable bonds is 6. The molecule has 3 aliphatic carbocycles. The van der Waals surface area contributed by atoms with Crippen LogP contribution >= 0.6 is 15.9 Å². The van der Waals surface area contributed by atoms with Crippen molar-refractivity contribution in [3.8, 4) is 0 Å². The number of hydrogen-bond donors (Lipinski definition) is 1. The summed E-state index contributed by atoms with van der Waals surface area (Å²) >= 11 is 3.92. The van der Waals surface area contributed by atoms with Gasteiger partial charge in [0.1, 0.15) is 0 Å². The van der Waals surface area contributed by atoms with E-state index >= 15 is 0 Å². The van der Waals surface area contributed by atoms with Gasteiger partial charge in [0.25, 0.3) is 0 Å². The monoisotopic (exact) mass is 479 g/mol. The van der Waals surface area contributed by atoms with Crippen LogP contribution < -0.4 is 5.32 Å². The minimum atomic E-state index is 0.293. The van der Waals surface area contributed by atoms with E-state index in [-0.39, 0.29) is 0 Å². The zero-order valence-electron chi connectivity index (χ0n) is 20.2. The summed E-state index contributed by atoms with van der Waals surface area (Å²) in [6.07, 6.45) is 13.0. The Morgan fingerprint density at radius 2 is 1.77 bits per heavy atom. The summed E-state index contributed by atoms with van der Waals surface area (Å²) in [5.41, 5.74) is 0.861. The molecule has 1 saturated heterocycles. The predicted molar refractivity (Wildman–Crippen MR) is 130 cm³/mol. The molecule has 2 nitrogen and oxygen atoms in total. The molecule has 0 spiro atoms. The third-order valence-corrected chi connectivity index (χ3v) is 11.5. The first-order valence-corrected chi connectivity index (χ1v) is 14.2. The Kier molecular flexibility index (Phi) is 6.71. The lowest BCUT2D eigenvalue weighted by atomic mass is 9.44. The van der Waals surface area contributed by atoms with Crippen molar-refractivity contribution in [2.45, 2.75) is 105 Å². The van der Waals surface area contributed by atoms with Crippen molar-refractivity contribution in [3.63, 3.8) is 0 Å². The molecular weight excluding hydrogens is 434 g/mol. The van der Waals surface area contributed by atoms with Crippen LogP contribution in [0, 0.1) is 52.3 Å². The van der Waals surface area contributed by atoms with Crippen molar-refractivity contribution in [2.75, 3.05) is 5.33 Å². The van der Waals surface area contributed by atoms with Gasteiger partial charge in [0.05, 0.1) is 0 Å². The number of carbonyl (C=O) groups excluding carboxylic acids is 1. The molecule has 1 aliphatic heterocycles. The van der Waals surface area contributed by atoms with Gasteiger partial charge in [0, 0.05) is 17.8 Å². The van der Waals surface area contributed by atoms with Crippen molar-refractivity contribution >= 4 is 21.8 Å². The molecule has 3 saturated carbocycles. The van der Waals surface area contributed by atoms with E-state index < -0.39 is 0 Å². The average molecular weight is 481 g/mol. The minimum Gasteiger partial charge on any atom is -0.353 e. The van der Waals surface area contributed by atoms with Crippen LogP contribution in [-0.4, -0.2) is 17.3 Å². The maximum absolute atomic E-state index is 12.2. The third-order valence-electron chi connectivity index (χ3n) is 10.7. The first-order chi connectivity index (χ1) is 14.2. The van der Waals surface area contributed by atoms with Gasteiger partial charge in [-0.15, -0.1) is 0 Å². The van der Waals surface area contributed by atoms with Crippen LogP contribution in [0.5, 0.6) is 0 Å². The molecule has 0 aromatic heterocycles. The summed E-state index contributed by atoms with van der Waals surface area (Å²) in [5, 5.41) is 4.53. The Hall–Kier alpha value is -0.0500. The van der Waals surface area contributed by atoms with Gasteiger partial charge in [0.15, 0.2) is 0 Å². The van der Waals surface area contributed by atoms with Crippen LogP contribution in [-0.2, 0) is 4.79 Å². The maximum atomic E-state index is 12.2. The fraction of sp³-hybridized carbons (Fsp3) is 0.963. The highest BCUT2D eigenvalue weighted by atomic mass is 79.9. The minimum absolute atomic E-state index is 0.293. The molecule has 172 valence electrons. The lowest BCUT2D eigenvalue weighted by Crippen LogP contribution is -2.63. The number of nitrogens with one attached hydrogen (secondary N) is 1. The van der Waals surface area contributed by atoms with E-state index in [9.17, 15) is 4.79 Å². The van der Waals surface area contributed by atoms with E-state index in [1.165, 1.54) is 51.4 Å². The number of halogens is 1. The van der Waals surface area contributed by atoms with Crippen LogP contribution in [0.2, 0.25) is 0 Å². The molecule has 0 bridgehead atoms. The van der Waals surface area contributed by atoms with Gasteiger partial charge in [-0.3, -0.25) is 4.79 Å². The molecule has 1 heterocycles. The van der Waals surface area contributed by atoms with E-state index in [1.807, 2.05) is 0 Å². The van der Waals surface area contributed by atoms with Gasteiger partial charge < -0.3 is 5.32 Å². The smallest absolute Gasteiger partial charge is 0.220 e. The zero-order chi connectivity index (χ0) is 21.7. The average Bonchev–Trinajstić information content (AvgIpc) is 3.05. The van der Waals surface area contributed by atoms with E-state index in [0.717, 1.165) is 59.6 Å². The van der Waals surface area contributed by atoms with E-state index in [2.05, 4.69) is 55.9 Å². The van der Waals surface area contributed by atoms with Crippen molar-refractivity contribution < 1.29 is 4.79 Å². The molecule has 30 heavy (non-hydrogen) atoms. The molecule has 4 rings (SSSR count). The molecule has 4 aliphatic rings. The topological polar surface area (TPSA) is 29.1 Å². The lowest BCUT2D eigenvalue weighted by molar-refractivity contribution is -0.144. The lowest BCUT2D eigenvalue weighted by Gasteiger charge is -2.62. The number of fused-ring (bicyclic) bond motifs is 5. The van der Waals surface area contributed by atoms with Gasteiger partial charge in [-0.1, -0.05) is 69.8 Å². The molecule has 0 aromatic carbocycles. The molecule has 3 heteroatoms. The molecule has 9 atom stereocenters. The fourth-order valence-corrected chi connectivity index (χ4v) is 9.73. The second-order valence-electron chi connectivity index (χ2n) is 12.6. The van der Waals surface area contributed by atoms with E-state index in [1.54, 1.807) is 0 Å². The number of hydrogen-bond acceptors (Lipinski definition) is 1. The van der Waals surface area contributed by atoms with Gasteiger partial charge in [-0.2, -0.15) is 0 Å². The molecular formula is C27H46BrNO. The van der Waals surface area contributed by atoms with Gasteiger partial charge in [0.2, 0.25) is 5.91 Å². The summed E-state index contributed by atoms with van der Waals surface area (Å²) < 4.78 is 0. The predicted octanol–water partition coefficient (Wildman–Crippen LogP) is 7.21. The molecule has 2 unspecified atom stereocenters. The summed E-state index contributed by atoms with van der Waals surface area (Å²) in [6.45, 7) is 12.5. The zero-order valence-corrected chi connectivity index (χ0v) is 21.8. The highest BCUT2D eigenvalue weighted by Crippen LogP contribution is 2.68. The second kappa shape index (κ2) is 8.71. The first kappa shape index (κ1) is 23.1. The highest BCUT2D eigenvalue weighted by Gasteiger charge is 2.62. The molecule has 0 radical (unpaired) electrons. The first-order valence-electron chi connectivity index (χ1n) is 13.1. The van der Waals surface area contributed by atoms with Crippen LogP contribution in [0.15, 0.2) is 0 Å². The van der Waals surface area contributed by atoms with Gasteiger partial charge in [-0.05, 0) is 90.8 Å². The standard InChI is InChI=1S/C27H46BrNO/c1-17(2)7-6-8-18(3)20-9-10-21-25-19(16-28)15-23-27(5,14-12-24(30)29-23)22(25)11-13-26(20,21)4/h17-23,25H,6-16H2,1-5H3,(H,29,30)/t18-,19?,20-,21+,22+,23?,25+,26-,27-/m1/s1. The Balaban J connectivity index is 1.54. The van der Waals surface area contributed by atoms with E-state index in [0.29, 0.717) is 22.8 Å². The summed E-state index contributed by atoms with van der Waals surface area (Å²) in [6, 6.07) is 0.402. The Labute approximate surface area is 194 Å². The number of alkyl halides is 1. The summed E-state index contributed by atoms with van der Waals surface area (Å²) in [4.78, 5) is 12.2. The van der Waals surface area contributed by atoms with Crippen molar-refractivity contribution in [1.29, 1.82) is 0 Å². The van der Waals surface area contributed by atoms with Crippen LogP contribution in [0.25, 0.3) is 0 Å². The fourth-order valence-electron chi connectivity index (χ4n) is 9.03. The summed E-state index contributed by atoms with van der Waals surface area (Å²) in [7, 11) is 0.